The number of amides is 1. The Morgan fingerprint density at radius 1 is 0.939 bits per heavy atom. The summed E-state index contributed by atoms with van der Waals surface area (Å²) in [6.45, 7) is 6.57. The van der Waals surface area contributed by atoms with Crippen molar-refractivity contribution in [1.29, 1.82) is 0 Å². The molecule has 8 nitrogen and oxygen atoms in total. The number of hydrogen-bond acceptors (Lipinski definition) is 7. The molecule has 1 aliphatic heterocycles. The number of carbonyl (C=O) groups excluding carboxylic acids is 1. The standard InChI is InChI=1S/C25H29N5O3/c1-18-4-6-20(7-5-18)27-23-16-19(2)26-25(28-23)30-14-12-29(13-15-30)24(31)17-33-22-10-8-21(32-3)9-11-22/h4-11,16H,12-15,17H2,1-3H3,(H,26,27,28). The van der Waals surface area contributed by atoms with Crippen molar-refractivity contribution >= 4 is 23.4 Å². The van der Waals surface area contributed by atoms with E-state index in [9.17, 15) is 4.79 Å². The Balaban J connectivity index is 1.31. The zero-order valence-electron chi connectivity index (χ0n) is 19.2. The maximum atomic E-state index is 12.6. The molecule has 0 aliphatic carbocycles. The van der Waals surface area contributed by atoms with Crippen molar-refractivity contribution in [3.63, 3.8) is 0 Å². The predicted octanol–water partition coefficient (Wildman–Crippen LogP) is 3.57. The van der Waals surface area contributed by atoms with E-state index >= 15 is 0 Å². The first-order chi connectivity index (χ1) is 16.0. The van der Waals surface area contributed by atoms with Crippen molar-refractivity contribution in [3.05, 3.63) is 65.9 Å². The van der Waals surface area contributed by atoms with Crippen LogP contribution in [0.3, 0.4) is 0 Å². The number of hydrogen-bond donors (Lipinski definition) is 1. The molecule has 0 radical (unpaired) electrons. The molecule has 1 aromatic heterocycles. The Labute approximate surface area is 194 Å². The topological polar surface area (TPSA) is 79.8 Å². The highest BCUT2D eigenvalue weighted by Gasteiger charge is 2.23. The van der Waals surface area contributed by atoms with Gasteiger partial charge in [0.2, 0.25) is 5.95 Å². The highest BCUT2D eigenvalue weighted by molar-refractivity contribution is 5.78. The van der Waals surface area contributed by atoms with Gasteiger partial charge in [-0.15, -0.1) is 0 Å². The smallest absolute Gasteiger partial charge is 0.260 e. The molecule has 2 heterocycles. The van der Waals surface area contributed by atoms with E-state index in [-0.39, 0.29) is 12.5 Å². The molecular formula is C25H29N5O3. The van der Waals surface area contributed by atoms with Gasteiger partial charge in [-0.25, -0.2) is 4.98 Å². The third kappa shape index (κ3) is 5.91. The molecule has 1 fully saturated rings. The molecular weight excluding hydrogens is 418 g/mol. The monoisotopic (exact) mass is 447 g/mol. The summed E-state index contributed by atoms with van der Waals surface area (Å²) in [7, 11) is 1.61. The molecule has 1 aliphatic rings. The first-order valence-corrected chi connectivity index (χ1v) is 11.0. The van der Waals surface area contributed by atoms with E-state index < -0.39 is 0 Å². The van der Waals surface area contributed by atoms with Gasteiger partial charge in [-0.1, -0.05) is 17.7 Å². The predicted molar refractivity (Wildman–Crippen MR) is 129 cm³/mol. The van der Waals surface area contributed by atoms with Crippen molar-refractivity contribution in [2.24, 2.45) is 0 Å². The fourth-order valence-electron chi connectivity index (χ4n) is 3.61. The summed E-state index contributed by atoms with van der Waals surface area (Å²) in [5.41, 5.74) is 3.08. The molecule has 4 rings (SSSR count). The van der Waals surface area contributed by atoms with Gasteiger partial charge in [0.25, 0.3) is 5.91 Å². The summed E-state index contributed by atoms with van der Waals surface area (Å²) in [4.78, 5) is 25.8. The SMILES string of the molecule is COc1ccc(OCC(=O)N2CCN(c3nc(C)cc(Nc4ccc(C)cc4)n3)CC2)cc1. The van der Waals surface area contributed by atoms with Gasteiger partial charge < -0.3 is 24.6 Å². The van der Waals surface area contributed by atoms with Gasteiger partial charge in [-0.05, 0) is 50.2 Å². The summed E-state index contributed by atoms with van der Waals surface area (Å²) in [5, 5.41) is 3.35. The quantitative estimate of drug-likeness (QED) is 0.593. The largest absolute Gasteiger partial charge is 0.497 e. The van der Waals surface area contributed by atoms with E-state index in [0.717, 1.165) is 22.9 Å². The molecule has 0 unspecified atom stereocenters. The van der Waals surface area contributed by atoms with Gasteiger partial charge in [0.1, 0.15) is 17.3 Å². The number of nitrogens with zero attached hydrogens (tertiary/aromatic N) is 4. The molecule has 2 aromatic carbocycles. The molecule has 0 spiro atoms. The zero-order chi connectivity index (χ0) is 23.2. The van der Waals surface area contributed by atoms with Crippen LogP contribution in [0, 0.1) is 13.8 Å². The minimum absolute atomic E-state index is 0.0118. The van der Waals surface area contributed by atoms with Crippen LogP contribution in [0.2, 0.25) is 0 Å². The Morgan fingerprint density at radius 2 is 1.61 bits per heavy atom. The molecule has 33 heavy (non-hydrogen) atoms. The fourth-order valence-corrected chi connectivity index (χ4v) is 3.61. The van der Waals surface area contributed by atoms with Gasteiger partial charge in [0.05, 0.1) is 7.11 Å². The number of aryl methyl sites for hydroxylation is 2. The summed E-state index contributed by atoms with van der Waals surface area (Å²) in [6.07, 6.45) is 0. The molecule has 1 amide bonds. The number of ether oxygens (including phenoxy) is 2. The second kappa shape index (κ2) is 10.2. The van der Waals surface area contributed by atoms with Crippen LogP contribution in [-0.2, 0) is 4.79 Å². The first kappa shape index (κ1) is 22.4. The number of piperazine rings is 1. The number of anilines is 3. The lowest BCUT2D eigenvalue weighted by Gasteiger charge is -2.34. The number of benzene rings is 2. The second-order valence-electron chi connectivity index (χ2n) is 8.02. The molecule has 8 heteroatoms. The number of nitrogens with one attached hydrogen (secondary N) is 1. The summed E-state index contributed by atoms with van der Waals surface area (Å²) >= 11 is 0. The maximum absolute atomic E-state index is 12.6. The molecule has 0 bridgehead atoms. The molecule has 0 atom stereocenters. The zero-order valence-corrected chi connectivity index (χ0v) is 19.2. The minimum Gasteiger partial charge on any atom is -0.497 e. The molecule has 172 valence electrons. The van der Waals surface area contributed by atoms with E-state index in [2.05, 4.69) is 34.3 Å². The lowest BCUT2D eigenvalue weighted by Crippen LogP contribution is -2.50. The molecule has 1 saturated heterocycles. The highest BCUT2D eigenvalue weighted by Crippen LogP contribution is 2.20. The minimum atomic E-state index is -0.0302. The third-order valence-electron chi connectivity index (χ3n) is 5.50. The van der Waals surface area contributed by atoms with Crippen molar-refractivity contribution in [2.75, 3.05) is 50.1 Å². The average Bonchev–Trinajstić information content (AvgIpc) is 2.84. The normalized spacial score (nSPS) is 13.5. The van der Waals surface area contributed by atoms with Crippen LogP contribution in [0.4, 0.5) is 17.5 Å². The van der Waals surface area contributed by atoms with Crippen molar-refractivity contribution in [1.82, 2.24) is 14.9 Å². The number of methoxy groups -OCH3 is 1. The van der Waals surface area contributed by atoms with Gasteiger partial charge in [-0.2, -0.15) is 4.98 Å². The first-order valence-electron chi connectivity index (χ1n) is 11.0. The van der Waals surface area contributed by atoms with Crippen molar-refractivity contribution in [3.8, 4) is 11.5 Å². The van der Waals surface area contributed by atoms with Crippen LogP contribution in [-0.4, -0.2) is 60.7 Å². The van der Waals surface area contributed by atoms with Gasteiger partial charge in [0.15, 0.2) is 6.61 Å². The van der Waals surface area contributed by atoms with Crippen LogP contribution in [0.5, 0.6) is 11.5 Å². The Hall–Kier alpha value is -3.81. The number of carbonyl (C=O) groups is 1. The van der Waals surface area contributed by atoms with E-state index in [4.69, 9.17) is 14.5 Å². The Bertz CT molecular complexity index is 1080. The summed E-state index contributed by atoms with van der Waals surface area (Å²) in [6, 6.07) is 17.3. The fraction of sp³-hybridized carbons (Fsp3) is 0.320. The summed E-state index contributed by atoms with van der Waals surface area (Å²) < 4.78 is 10.8. The van der Waals surface area contributed by atoms with Crippen molar-refractivity contribution < 1.29 is 14.3 Å². The number of aromatic nitrogens is 2. The summed E-state index contributed by atoms with van der Waals surface area (Å²) in [5.74, 6) is 2.79. The van der Waals surface area contributed by atoms with E-state index in [1.54, 1.807) is 19.2 Å². The number of rotatable bonds is 7. The Morgan fingerprint density at radius 3 is 2.27 bits per heavy atom. The highest BCUT2D eigenvalue weighted by atomic mass is 16.5. The third-order valence-corrected chi connectivity index (χ3v) is 5.50. The van der Waals surface area contributed by atoms with Crippen LogP contribution >= 0.6 is 0 Å². The van der Waals surface area contributed by atoms with Crippen LogP contribution < -0.4 is 19.7 Å². The van der Waals surface area contributed by atoms with Gasteiger partial charge in [-0.3, -0.25) is 4.79 Å². The lowest BCUT2D eigenvalue weighted by atomic mass is 10.2. The average molecular weight is 448 g/mol. The second-order valence-corrected chi connectivity index (χ2v) is 8.02. The maximum Gasteiger partial charge on any atom is 0.260 e. The van der Waals surface area contributed by atoms with Crippen LogP contribution in [0.15, 0.2) is 54.6 Å². The Kier molecular flexibility index (Phi) is 6.92. The van der Waals surface area contributed by atoms with E-state index in [1.807, 2.05) is 42.2 Å². The molecule has 0 saturated carbocycles. The van der Waals surface area contributed by atoms with Crippen LogP contribution in [0.25, 0.3) is 0 Å². The van der Waals surface area contributed by atoms with Crippen molar-refractivity contribution in [2.45, 2.75) is 13.8 Å². The molecule has 3 aromatic rings. The lowest BCUT2D eigenvalue weighted by molar-refractivity contribution is -0.133. The van der Waals surface area contributed by atoms with E-state index in [1.165, 1.54) is 5.56 Å². The van der Waals surface area contributed by atoms with Gasteiger partial charge in [0, 0.05) is 43.6 Å². The van der Waals surface area contributed by atoms with Crippen LogP contribution in [0.1, 0.15) is 11.3 Å². The molecule has 1 N–H and O–H groups in total. The van der Waals surface area contributed by atoms with E-state index in [0.29, 0.717) is 37.9 Å². The van der Waals surface area contributed by atoms with Gasteiger partial charge >= 0.3 is 0 Å².